The first-order valence-corrected chi connectivity index (χ1v) is 8.01. The van der Waals surface area contributed by atoms with Gasteiger partial charge in [0.05, 0.1) is 0 Å². The van der Waals surface area contributed by atoms with Gasteiger partial charge in [0, 0.05) is 6.61 Å². The molecule has 0 radical (unpaired) electrons. The maximum atomic E-state index is 12.4. The van der Waals surface area contributed by atoms with Crippen molar-refractivity contribution in [2.45, 2.75) is 25.3 Å². The minimum atomic E-state index is -5.71. The molecule has 1 rings (SSSR count). The van der Waals surface area contributed by atoms with Crippen LogP contribution in [-0.2, 0) is 19.0 Å². The Kier molecular flexibility index (Phi) is 6.89. The fourth-order valence-corrected chi connectivity index (χ4v) is 1.90. The van der Waals surface area contributed by atoms with E-state index in [4.69, 9.17) is 4.74 Å². The molecule has 0 saturated heterocycles. The van der Waals surface area contributed by atoms with E-state index in [-0.39, 0.29) is 6.61 Å². The van der Waals surface area contributed by atoms with Crippen molar-refractivity contribution in [2.24, 2.45) is 0 Å². The Bertz CT molecular complexity index is 580. The zero-order chi connectivity index (χ0) is 16.6. The van der Waals surface area contributed by atoms with Gasteiger partial charge in [0.2, 0.25) is 0 Å². The van der Waals surface area contributed by atoms with Gasteiger partial charge in [0.25, 0.3) is 0 Å². The molecular weight excluding hydrogens is 321 g/mol. The third kappa shape index (κ3) is 6.07. The van der Waals surface area contributed by atoms with Crippen LogP contribution in [0, 0.1) is 0 Å². The summed E-state index contributed by atoms with van der Waals surface area (Å²) in [4.78, 5) is 0. The molecule has 0 N–H and O–H groups in total. The zero-order valence-corrected chi connectivity index (χ0v) is 12.8. The normalized spacial score (nSPS) is 13.2. The first-order valence-electron chi connectivity index (χ1n) is 6.60. The van der Waals surface area contributed by atoms with Crippen LogP contribution in [0.1, 0.15) is 25.3 Å². The highest BCUT2D eigenvalue weighted by Crippen LogP contribution is 2.27. The van der Waals surface area contributed by atoms with Gasteiger partial charge in [-0.2, -0.15) is 21.6 Å². The molecule has 1 aromatic carbocycles. The maximum Gasteiger partial charge on any atom is 0.534 e. The molecule has 0 saturated carbocycles. The zero-order valence-electron chi connectivity index (χ0n) is 12.0. The van der Waals surface area contributed by atoms with Gasteiger partial charge < -0.3 is 8.92 Å². The Morgan fingerprint density at radius 3 is 2.41 bits per heavy atom. The van der Waals surface area contributed by atoms with Crippen LogP contribution < -0.4 is 0 Å². The number of unbranched alkanes of at least 4 members (excludes halogenated alkanes) is 1. The van der Waals surface area contributed by atoms with Gasteiger partial charge in [-0.1, -0.05) is 43.7 Å². The van der Waals surface area contributed by atoms with Crippen LogP contribution in [0.15, 0.2) is 36.1 Å². The highest BCUT2D eigenvalue weighted by atomic mass is 32.2. The van der Waals surface area contributed by atoms with E-state index in [1.165, 1.54) is 6.08 Å². The number of benzene rings is 1. The molecular formula is C14H17F3O4S. The van der Waals surface area contributed by atoms with Crippen LogP contribution in [-0.4, -0.2) is 27.1 Å². The molecule has 8 heteroatoms. The van der Waals surface area contributed by atoms with Crippen LogP contribution in [0.4, 0.5) is 13.2 Å². The van der Waals surface area contributed by atoms with E-state index >= 15 is 0 Å². The summed E-state index contributed by atoms with van der Waals surface area (Å²) in [6.45, 7) is 1.87. The lowest BCUT2D eigenvalue weighted by molar-refractivity contribution is -0.0528. The number of rotatable bonds is 8. The highest BCUT2D eigenvalue weighted by Gasteiger charge is 2.48. The molecule has 0 bridgehead atoms. The Morgan fingerprint density at radius 2 is 1.86 bits per heavy atom. The third-order valence-corrected chi connectivity index (χ3v) is 3.51. The molecule has 22 heavy (non-hydrogen) atoms. The fraction of sp³-hybridized carbons (Fsp3) is 0.429. The van der Waals surface area contributed by atoms with E-state index in [0.29, 0.717) is 18.6 Å². The summed E-state index contributed by atoms with van der Waals surface area (Å²) in [7, 11) is -5.71. The SMILES string of the molecule is CCCCOC/C(=C\c1ccccc1)OS(=O)(=O)C(F)(F)F. The molecule has 0 aliphatic heterocycles. The van der Waals surface area contributed by atoms with E-state index in [2.05, 4.69) is 4.18 Å². The molecule has 0 aliphatic carbocycles. The lowest BCUT2D eigenvalue weighted by Gasteiger charge is -2.13. The minimum absolute atomic E-state index is 0.304. The number of hydrogen-bond donors (Lipinski definition) is 0. The summed E-state index contributed by atoms with van der Waals surface area (Å²) < 4.78 is 68.7. The van der Waals surface area contributed by atoms with Crippen LogP contribution >= 0.6 is 0 Å². The maximum absolute atomic E-state index is 12.4. The van der Waals surface area contributed by atoms with E-state index < -0.39 is 21.4 Å². The number of ether oxygens (including phenoxy) is 1. The van der Waals surface area contributed by atoms with Crippen molar-refractivity contribution in [2.75, 3.05) is 13.2 Å². The molecule has 0 atom stereocenters. The first-order chi connectivity index (χ1) is 10.3. The average molecular weight is 338 g/mol. The van der Waals surface area contributed by atoms with Gasteiger partial charge in [-0.3, -0.25) is 0 Å². The Labute approximate surface area is 127 Å². The van der Waals surface area contributed by atoms with E-state index in [9.17, 15) is 21.6 Å². The molecule has 0 unspecified atom stereocenters. The Balaban J connectivity index is 2.90. The van der Waals surface area contributed by atoms with E-state index in [1.807, 2.05) is 6.92 Å². The number of alkyl halides is 3. The van der Waals surface area contributed by atoms with Crippen LogP contribution in [0.5, 0.6) is 0 Å². The van der Waals surface area contributed by atoms with Gasteiger partial charge in [-0.15, -0.1) is 0 Å². The summed E-state index contributed by atoms with van der Waals surface area (Å²) in [5.41, 5.74) is -4.97. The second-order valence-electron chi connectivity index (χ2n) is 4.41. The lowest BCUT2D eigenvalue weighted by Crippen LogP contribution is -2.26. The van der Waals surface area contributed by atoms with Crippen molar-refractivity contribution in [1.82, 2.24) is 0 Å². The van der Waals surface area contributed by atoms with Crippen molar-refractivity contribution in [3.05, 3.63) is 41.7 Å². The monoisotopic (exact) mass is 338 g/mol. The average Bonchev–Trinajstić information content (AvgIpc) is 2.43. The van der Waals surface area contributed by atoms with Crippen LogP contribution in [0.3, 0.4) is 0 Å². The minimum Gasteiger partial charge on any atom is -0.378 e. The van der Waals surface area contributed by atoms with Crippen molar-refractivity contribution in [1.29, 1.82) is 0 Å². The molecule has 1 aromatic rings. The second-order valence-corrected chi connectivity index (χ2v) is 5.95. The number of hydrogen-bond acceptors (Lipinski definition) is 4. The largest absolute Gasteiger partial charge is 0.534 e. The molecule has 0 aliphatic rings. The second kappa shape index (κ2) is 8.19. The van der Waals surface area contributed by atoms with E-state index in [1.54, 1.807) is 30.3 Å². The van der Waals surface area contributed by atoms with Crippen LogP contribution in [0.25, 0.3) is 6.08 Å². The summed E-state index contributed by atoms with van der Waals surface area (Å²) in [5, 5.41) is 0. The Hall–Kier alpha value is -1.54. The molecule has 0 spiro atoms. The summed E-state index contributed by atoms with van der Waals surface area (Å²) in [5.74, 6) is -0.417. The third-order valence-electron chi connectivity index (χ3n) is 2.51. The summed E-state index contributed by atoms with van der Waals surface area (Å²) in [6, 6.07) is 8.27. The fourth-order valence-electron chi connectivity index (χ4n) is 1.43. The highest BCUT2D eigenvalue weighted by molar-refractivity contribution is 7.87. The van der Waals surface area contributed by atoms with Gasteiger partial charge in [-0.25, -0.2) is 0 Å². The first kappa shape index (κ1) is 18.5. The molecule has 124 valence electrons. The van der Waals surface area contributed by atoms with Crippen molar-refractivity contribution in [3.63, 3.8) is 0 Å². The lowest BCUT2D eigenvalue weighted by atomic mass is 10.2. The molecule has 4 nitrogen and oxygen atoms in total. The van der Waals surface area contributed by atoms with Gasteiger partial charge in [0.15, 0.2) is 0 Å². The van der Waals surface area contributed by atoms with Gasteiger partial charge in [0.1, 0.15) is 12.4 Å². The quantitative estimate of drug-likeness (QED) is 0.314. The predicted octanol–water partition coefficient (Wildman–Crippen LogP) is 3.71. The number of halogens is 3. The molecule has 0 amide bonds. The van der Waals surface area contributed by atoms with Crippen molar-refractivity contribution >= 4 is 16.2 Å². The van der Waals surface area contributed by atoms with Crippen molar-refractivity contribution in [3.8, 4) is 0 Å². The smallest absolute Gasteiger partial charge is 0.378 e. The summed E-state index contributed by atoms with van der Waals surface area (Å²) >= 11 is 0. The molecule has 0 aromatic heterocycles. The summed E-state index contributed by atoms with van der Waals surface area (Å²) in [6.07, 6.45) is 2.76. The topological polar surface area (TPSA) is 52.6 Å². The van der Waals surface area contributed by atoms with Gasteiger partial charge >= 0.3 is 15.6 Å². The van der Waals surface area contributed by atoms with E-state index in [0.717, 1.165) is 6.42 Å². The van der Waals surface area contributed by atoms with Crippen molar-refractivity contribution < 1.29 is 30.5 Å². The standard InChI is InChI=1S/C14H17F3O4S/c1-2-3-9-20-11-13(10-12-7-5-4-6-8-12)21-22(18,19)14(15,16)17/h4-8,10H,2-3,9,11H2,1H3/b13-10+. The van der Waals surface area contributed by atoms with Crippen LogP contribution in [0.2, 0.25) is 0 Å². The molecule has 0 heterocycles. The predicted molar refractivity (Wildman–Crippen MR) is 76.2 cm³/mol. The van der Waals surface area contributed by atoms with Gasteiger partial charge in [-0.05, 0) is 18.1 Å². The molecule has 0 fully saturated rings. The Morgan fingerprint density at radius 1 is 1.23 bits per heavy atom.